The van der Waals surface area contributed by atoms with E-state index >= 15 is 0 Å². The summed E-state index contributed by atoms with van der Waals surface area (Å²) in [7, 11) is 2.15. The van der Waals surface area contributed by atoms with E-state index in [0.29, 0.717) is 11.3 Å². The van der Waals surface area contributed by atoms with Crippen LogP contribution in [-0.2, 0) is 4.74 Å². The smallest absolute Gasteiger partial charge is 0.193 e. The molecule has 1 aliphatic carbocycles. The van der Waals surface area contributed by atoms with E-state index in [-0.39, 0.29) is 24.0 Å². The lowest BCUT2D eigenvalue weighted by Crippen LogP contribution is -2.42. The number of nitrogens with one attached hydrogen (secondary N) is 1. The van der Waals surface area contributed by atoms with E-state index in [1.165, 1.54) is 32.1 Å². The summed E-state index contributed by atoms with van der Waals surface area (Å²) in [6, 6.07) is 0. The van der Waals surface area contributed by atoms with Gasteiger partial charge in [-0.2, -0.15) is 0 Å². The lowest BCUT2D eigenvalue weighted by Gasteiger charge is -2.27. The third-order valence-corrected chi connectivity index (χ3v) is 4.67. The van der Waals surface area contributed by atoms with Crippen molar-refractivity contribution in [3.63, 3.8) is 0 Å². The number of aliphatic imine (C=N–C) groups is 1. The van der Waals surface area contributed by atoms with Crippen LogP contribution in [0.2, 0.25) is 0 Å². The third-order valence-electron chi connectivity index (χ3n) is 4.67. The van der Waals surface area contributed by atoms with Crippen LogP contribution in [0.4, 0.5) is 0 Å². The molecular formula is C16H32IN3O. The first-order valence-corrected chi connectivity index (χ1v) is 8.20. The van der Waals surface area contributed by atoms with Gasteiger partial charge in [-0.25, -0.2) is 0 Å². The molecule has 0 spiro atoms. The maximum Gasteiger partial charge on any atom is 0.193 e. The highest BCUT2D eigenvalue weighted by atomic mass is 127. The Morgan fingerprint density at radius 2 is 2.10 bits per heavy atom. The van der Waals surface area contributed by atoms with Crippen molar-refractivity contribution in [2.75, 3.05) is 39.9 Å². The highest BCUT2D eigenvalue weighted by Gasteiger charge is 2.28. The number of nitrogens with zero attached hydrogens (tertiary/aromatic N) is 2. The standard InChI is InChI=1S/C16H31N3O.HI/c1-4-17-15(18-13-16(2)8-5-6-9-16)19(3)11-14-7-10-20-12-14;/h14H,4-13H2,1-3H3,(H,17,18);1H. The Bertz CT molecular complexity index is 323. The van der Waals surface area contributed by atoms with Crippen LogP contribution in [0, 0.1) is 11.3 Å². The topological polar surface area (TPSA) is 36.9 Å². The zero-order valence-corrected chi connectivity index (χ0v) is 16.2. The minimum absolute atomic E-state index is 0. The average molecular weight is 409 g/mol. The van der Waals surface area contributed by atoms with Gasteiger partial charge in [0.1, 0.15) is 0 Å². The van der Waals surface area contributed by atoms with Gasteiger partial charge in [-0.05, 0) is 31.6 Å². The molecule has 0 bridgehead atoms. The lowest BCUT2D eigenvalue weighted by molar-refractivity contribution is 0.181. The summed E-state index contributed by atoms with van der Waals surface area (Å²) in [5.74, 6) is 1.72. The first-order chi connectivity index (χ1) is 9.63. The molecule has 1 saturated carbocycles. The Balaban J connectivity index is 0.00000220. The summed E-state index contributed by atoms with van der Waals surface area (Å²) in [5, 5.41) is 3.43. The molecule has 21 heavy (non-hydrogen) atoms. The summed E-state index contributed by atoms with van der Waals surface area (Å²) in [6.07, 6.45) is 6.59. The van der Waals surface area contributed by atoms with Crippen molar-refractivity contribution in [1.29, 1.82) is 0 Å². The van der Waals surface area contributed by atoms with Crippen LogP contribution >= 0.6 is 24.0 Å². The SMILES string of the molecule is CCNC(=NCC1(C)CCCC1)N(C)CC1CCOC1.I. The molecule has 5 heteroatoms. The van der Waals surface area contributed by atoms with E-state index in [9.17, 15) is 0 Å². The van der Waals surface area contributed by atoms with Crippen LogP contribution in [0.25, 0.3) is 0 Å². The Labute approximate surface area is 147 Å². The molecule has 4 nitrogen and oxygen atoms in total. The van der Waals surface area contributed by atoms with Gasteiger partial charge >= 0.3 is 0 Å². The number of hydrogen-bond donors (Lipinski definition) is 1. The number of rotatable bonds is 5. The Morgan fingerprint density at radius 1 is 1.38 bits per heavy atom. The lowest BCUT2D eigenvalue weighted by atomic mass is 9.89. The molecule has 1 heterocycles. The molecule has 2 aliphatic rings. The van der Waals surface area contributed by atoms with Crippen molar-refractivity contribution in [1.82, 2.24) is 10.2 Å². The second kappa shape index (κ2) is 9.18. The molecule has 1 atom stereocenters. The fraction of sp³-hybridized carbons (Fsp3) is 0.938. The van der Waals surface area contributed by atoms with Crippen molar-refractivity contribution in [3.05, 3.63) is 0 Å². The van der Waals surface area contributed by atoms with Gasteiger partial charge in [0.15, 0.2) is 5.96 Å². The summed E-state index contributed by atoms with van der Waals surface area (Å²) in [4.78, 5) is 7.18. The van der Waals surface area contributed by atoms with E-state index in [2.05, 4.69) is 31.1 Å². The zero-order valence-electron chi connectivity index (χ0n) is 13.9. The molecule has 1 saturated heterocycles. The maximum atomic E-state index is 5.47. The maximum absolute atomic E-state index is 5.47. The largest absolute Gasteiger partial charge is 0.381 e. The van der Waals surface area contributed by atoms with Gasteiger partial charge < -0.3 is 15.0 Å². The normalized spacial score (nSPS) is 24.7. The number of hydrogen-bond acceptors (Lipinski definition) is 2. The first-order valence-electron chi connectivity index (χ1n) is 8.20. The van der Waals surface area contributed by atoms with Crippen LogP contribution in [0.15, 0.2) is 4.99 Å². The Hall–Kier alpha value is -0.0400. The van der Waals surface area contributed by atoms with Crippen molar-refractivity contribution in [2.45, 2.75) is 46.0 Å². The van der Waals surface area contributed by atoms with Crippen LogP contribution in [0.1, 0.15) is 46.0 Å². The van der Waals surface area contributed by atoms with Gasteiger partial charge in [-0.1, -0.05) is 19.8 Å². The Morgan fingerprint density at radius 3 is 2.67 bits per heavy atom. The number of halogens is 1. The minimum atomic E-state index is 0. The van der Waals surface area contributed by atoms with Crippen LogP contribution < -0.4 is 5.32 Å². The Kier molecular flexibility index (Phi) is 8.31. The molecule has 124 valence electrons. The molecule has 0 aromatic heterocycles. The molecule has 0 aromatic rings. The summed E-state index contributed by atoms with van der Waals surface area (Å²) >= 11 is 0. The molecule has 0 amide bonds. The quantitative estimate of drug-likeness (QED) is 0.431. The molecule has 2 fully saturated rings. The highest BCUT2D eigenvalue weighted by Crippen LogP contribution is 2.37. The van der Waals surface area contributed by atoms with Crippen LogP contribution in [0.3, 0.4) is 0 Å². The highest BCUT2D eigenvalue weighted by molar-refractivity contribution is 14.0. The van der Waals surface area contributed by atoms with Crippen LogP contribution in [-0.4, -0.2) is 50.8 Å². The summed E-state index contributed by atoms with van der Waals surface area (Å²) in [6.45, 7) is 9.29. The molecule has 0 radical (unpaired) electrons. The zero-order chi connectivity index (χ0) is 14.4. The fourth-order valence-electron chi connectivity index (χ4n) is 3.32. The molecule has 1 unspecified atom stereocenters. The van der Waals surface area contributed by atoms with E-state index in [1.54, 1.807) is 0 Å². The van der Waals surface area contributed by atoms with E-state index in [0.717, 1.165) is 38.8 Å². The van der Waals surface area contributed by atoms with E-state index in [4.69, 9.17) is 9.73 Å². The van der Waals surface area contributed by atoms with Gasteiger partial charge in [-0.15, -0.1) is 24.0 Å². The van der Waals surface area contributed by atoms with Crippen molar-refractivity contribution in [2.24, 2.45) is 16.3 Å². The molecule has 1 aliphatic heterocycles. The number of ether oxygens (including phenoxy) is 1. The average Bonchev–Trinajstić information content (AvgIpc) is 3.06. The molecule has 2 rings (SSSR count). The van der Waals surface area contributed by atoms with Gasteiger partial charge in [0, 0.05) is 39.2 Å². The van der Waals surface area contributed by atoms with Crippen molar-refractivity contribution in [3.8, 4) is 0 Å². The van der Waals surface area contributed by atoms with Gasteiger partial charge in [0.25, 0.3) is 0 Å². The predicted molar refractivity (Wildman–Crippen MR) is 99.5 cm³/mol. The predicted octanol–water partition coefficient (Wildman–Crippen LogP) is 3.12. The van der Waals surface area contributed by atoms with Gasteiger partial charge in [0.2, 0.25) is 0 Å². The first kappa shape index (κ1) is 19.0. The van der Waals surface area contributed by atoms with Gasteiger partial charge in [-0.3, -0.25) is 4.99 Å². The van der Waals surface area contributed by atoms with Crippen LogP contribution in [0.5, 0.6) is 0 Å². The van der Waals surface area contributed by atoms with Crippen molar-refractivity contribution >= 4 is 29.9 Å². The monoisotopic (exact) mass is 409 g/mol. The molecule has 0 aromatic carbocycles. The summed E-state index contributed by atoms with van der Waals surface area (Å²) < 4.78 is 5.47. The second-order valence-electron chi connectivity index (χ2n) is 6.80. The van der Waals surface area contributed by atoms with Crippen molar-refractivity contribution < 1.29 is 4.74 Å². The minimum Gasteiger partial charge on any atom is -0.381 e. The van der Waals surface area contributed by atoms with E-state index in [1.807, 2.05) is 0 Å². The second-order valence-corrected chi connectivity index (χ2v) is 6.80. The number of guanidine groups is 1. The third kappa shape index (κ3) is 5.93. The van der Waals surface area contributed by atoms with Gasteiger partial charge in [0.05, 0.1) is 6.61 Å². The molecular weight excluding hydrogens is 377 g/mol. The summed E-state index contributed by atoms with van der Waals surface area (Å²) in [5.41, 5.74) is 0.429. The molecule has 1 N–H and O–H groups in total. The fourth-order valence-corrected chi connectivity index (χ4v) is 3.32. The van der Waals surface area contributed by atoms with E-state index < -0.39 is 0 Å².